The fraction of sp³-hybridized carbons (Fsp3) is 0.417. The number of carbonyl (C=O) groups is 1. The first kappa shape index (κ1) is 12.7. The van der Waals surface area contributed by atoms with Crippen LogP contribution in [0.4, 0.5) is 0 Å². The lowest BCUT2D eigenvalue weighted by molar-refractivity contribution is -0.140. The van der Waals surface area contributed by atoms with Gasteiger partial charge in [-0.1, -0.05) is 29.8 Å². The van der Waals surface area contributed by atoms with Crippen molar-refractivity contribution in [2.75, 3.05) is 14.1 Å². The summed E-state index contributed by atoms with van der Waals surface area (Å²) in [4.78, 5) is 11.1. The van der Waals surface area contributed by atoms with Crippen LogP contribution in [0.25, 0.3) is 0 Å². The fourth-order valence-corrected chi connectivity index (χ4v) is 1.82. The van der Waals surface area contributed by atoms with E-state index in [2.05, 4.69) is 10.6 Å². The van der Waals surface area contributed by atoms with Gasteiger partial charge in [-0.15, -0.1) is 0 Å². The number of aliphatic carboxylic acids is 1. The highest BCUT2D eigenvalue weighted by Gasteiger charge is 2.26. The number of hydrogen-bond acceptors (Lipinski definition) is 3. The van der Waals surface area contributed by atoms with E-state index in [0.717, 1.165) is 11.1 Å². The molecule has 0 aliphatic heterocycles. The molecule has 0 aromatic heterocycles. The predicted molar refractivity (Wildman–Crippen MR) is 63.5 cm³/mol. The summed E-state index contributed by atoms with van der Waals surface area (Å²) < 4.78 is 0. The molecule has 3 N–H and O–H groups in total. The van der Waals surface area contributed by atoms with Crippen LogP contribution < -0.4 is 10.6 Å². The van der Waals surface area contributed by atoms with Crippen LogP contribution in [0.15, 0.2) is 24.3 Å². The van der Waals surface area contributed by atoms with Gasteiger partial charge in [0.2, 0.25) is 0 Å². The molecular formula is C12H18N2O2. The van der Waals surface area contributed by atoms with Gasteiger partial charge in [0.25, 0.3) is 0 Å². The zero-order valence-electron chi connectivity index (χ0n) is 9.82. The van der Waals surface area contributed by atoms with Gasteiger partial charge in [0.1, 0.15) is 6.04 Å². The lowest BCUT2D eigenvalue weighted by Gasteiger charge is -2.23. The number of rotatable bonds is 5. The van der Waals surface area contributed by atoms with Crippen LogP contribution in [-0.2, 0) is 4.79 Å². The van der Waals surface area contributed by atoms with Crippen molar-refractivity contribution in [1.29, 1.82) is 0 Å². The highest BCUT2D eigenvalue weighted by molar-refractivity contribution is 5.74. The second-order valence-electron chi connectivity index (χ2n) is 3.79. The molecule has 0 fully saturated rings. The zero-order chi connectivity index (χ0) is 12.1. The molecule has 1 aromatic carbocycles. The monoisotopic (exact) mass is 222 g/mol. The van der Waals surface area contributed by atoms with Gasteiger partial charge in [0.15, 0.2) is 0 Å². The van der Waals surface area contributed by atoms with Gasteiger partial charge in [-0.3, -0.25) is 4.79 Å². The van der Waals surface area contributed by atoms with E-state index in [1.165, 1.54) is 0 Å². The van der Waals surface area contributed by atoms with E-state index in [4.69, 9.17) is 5.11 Å². The van der Waals surface area contributed by atoms with Gasteiger partial charge in [0, 0.05) is 0 Å². The summed E-state index contributed by atoms with van der Waals surface area (Å²) in [5.74, 6) is -0.858. The molecule has 0 radical (unpaired) electrons. The van der Waals surface area contributed by atoms with Crippen LogP contribution in [0.1, 0.15) is 17.2 Å². The Kier molecular flexibility index (Phi) is 4.46. The highest BCUT2D eigenvalue weighted by atomic mass is 16.4. The first-order chi connectivity index (χ1) is 7.60. The number of benzene rings is 1. The Balaban J connectivity index is 3.01. The highest BCUT2D eigenvalue weighted by Crippen LogP contribution is 2.17. The molecule has 1 rings (SSSR count). The Morgan fingerprint density at radius 1 is 1.31 bits per heavy atom. The minimum atomic E-state index is -0.858. The first-order valence-corrected chi connectivity index (χ1v) is 5.24. The van der Waals surface area contributed by atoms with Crippen LogP contribution in [-0.4, -0.2) is 31.2 Å². The Labute approximate surface area is 95.7 Å². The van der Waals surface area contributed by atoms with Crippen LogP contribution in [0, 0.1) is 6.92 Å². The van der Waals surface area contributed by atoms with Gasteiger partial charge in [-0.05, 0) is 26.6 Å². The van der Waals surface area contributed by atoms with Crippen molar-refractivity contribution in [3.8, 4) is 0 Å². The Hall–Kier alpha value is -1.39. The molecule has 1 aromatic rings. The maximum atomic E-state index is 11.1. The van der Waals surface area contributed by atoms with Gasteiger partial charge in [0.05, 0.1) is 6.04 Å². The number of likely N-dealkylation sites (N-methyl/N-ethyl adjacent to an activating group) is 2. The summed E-state index contributed by atoms with van der Waals surface area (Å²) in [5, 5.41) is 14.9. The topological polar surface area (TPSA) is 61.4 Å². The van der Waals surface area contributed by atoms with Crippen LogP contribution in [0.3, 0.4) is 0 Å². The largest absolute Gasteiger partial charge is 0.480 e. The third-order valence-electron chi connectivity index (χ3n) is 2.62. The Bertz CT molecular complexity index is 366. The van der Waals surface area contributed by atoms with Crippen molar-refractivity contribution < 1.29 is 9.90 Å². The fourth-order valence-electron chi connectivity index (χ4n) is 1.82. The van der Waals surface area contributed by atoms with E-state index in [9.17, 15) is 4.79 Å². The minimum absolute atomic E-state index is 0.234. The van der Waals surface area contributed by atoms with E-state index in [-0.39, 0.29) is 6.04 Å². The maximum absolute atomic E-state index is 11.1. The average molecular weight is 222 g/mol. The average Bonchev–Trinajstić information content (AvgIpc) is 2.25. The Morgan fingerprint density at radius 2 is 2.00 bits per heavy atom. The quantitative estimate of drug-likeness (QED) is 0.693. The van der Waals surface area contributed by atoms with E-state index in [0.29, 0.717) is 0 Å². The molecule has 0 bridgehead atoms. The summed E-state index contributed by atoms with van der Waals surface area (Å²) in [6.07, 6.45) is 0. The summed E-state index contributed by atoms with van der Waals surface area (Å²) in [6, 6.07) is 6.99. The van der Waals surface area contributed by atoms with Crippen molar-refractivity contribution in [1.82, 2.24) is 10.6 Å². The second-order valence-corrected chi connectivity index (χ2v) is 3.79. The third-order valence-corrected chi connectivity index (χ3v) is 2.62. The van der Waals surface area contributed by atoms with Crippen molar-refractivity contribution >= 4 is 5.97 Å². The second kappa shape index (κ2) is 5.63. The van der Waals surface area contributed by atoms with E-state index < -0.39 is 12.0 Å². The van der Waals surface area contributed by atoms with Crippen molar-refractivity contribution in [2.24, 2.45) is 0 Å². The van der Waals surface area contributed by atoms with Gasteiger partial charge >= 0.3 is 5.97 Å². The number of carboxylic acids is 1. The minimum Gasteiger partial charge on any atom is -0.480 e. The maximum Gasteiger partial charge on any atom is 0.322 e. The molecule has 0 heterocycles. The van der Waals surface area contributed by atoms with Gasteiger partial charge < -0.3 is 15.7 Å². The molecule has 16 heavy (non-hydrogen) atoms. The van der Waals surface area contributed by atoms with E-state index in [1.807, 2.05) is 31.2 Å². The lowest BCUT2D eigenvalue weighted by Crippen LogP contribution is -2.44. The summed E-state index contributed by atoms with van der Waals surface area (Å²) >= 11 is 0. The molecule has 2 atom stereocenters. The third kappa shape index (κ3) is 2.81. The lowest BCUT2D eigenvalue weighted by atomic mass is 9.98. The predicted octanol–water partition coefficient (Wildman–Crippen LogP) is 0.928. The zero-order valence-corrected chi connectivity index (χ0v) is 9.82. The molecule has 0 amide bonds. The van der Waals surface area contributed by atoms with Crippen molar-refractivity contribution in [3.63, 3.8) is 0 Å². The standard InChI is InChI=1S/C12H18N2O2/c1-8-5-4-6-9(7-8)10(13-2)11(14-3)12(15)16/h4-7,10-11,13-14H,1-3H3,(H,15,16). The SMILES string of the molecule is CNC(C(=O)O)C(NC)c1cccc(C)c1. The van der Waals surface area contributed by atoms with Gasteiger partial charge in [-0.25, -0.2) is 0 Å². The molecule has 0 saturated carbocycles. The normalized spacial score (nSPS) is 14.4. The van der Waals surface area contributed by atoms with Crippen LogP contribution >= 0.6 is 0 Å². The summed E-state index contributed by atoms with van der Waals surface area (Å²) in [6.45, 7) is 1.99. The molecule has 88 valence electrons. The Morgan fingerprint density at radius 3 is 2.44 bits per heavy atom. The van der Waals surface area contributed by atoms with E-state index in [1.54, 1.807) is 14.1 Å². The smallest absolute Gasteiger partial charge is 0.322 e. The molecule has 0 spiro atoms. The molecule has 0 aliphatic carbocycles. The molecule has 4 nitrogen and oxygen atoms in total. The number of aryl methyl sites for hydroxylation is 1. The number of hydrogen-bond donors (Lipinski definition) is 3. The molecule has 4 heteroatoms. The number of nitrogens with one attached hydrogen (secondary N) is 2. The van der Waals surface area contributed by atoms with Crippen molar-refractivity contribution in [3.05, 3.63) is 35.4 Å². The number of carboxylic acid groups (broad SMARTS) is 1. The van der Waals surface area contributed by atoms with Crippen LogP contribution in [0.5, 0.6) is 0 Å². The van der Waals surface area contributed by atoms with Crippen LogP contribution in [0.2, 0.25) is 0 Å². The van der Waals surface area contributed by atoms with E-state index >= 15 is 0 Å². The summed E-state index contributed by atoms with van der Waals surface area (Å²) in [7, 11) is 3.42. The molecule has 0 saturated heterocycles. The molecule has 2 unspecified atom stereocenters. The molecule has 0 aliphatic rings. The van der Waals surface area contributed by atoms with Gasteiger partial charge in [-0.2, -0.15) is 0 Å². The molecular weight excluding hydrogens is 204 g/mol. The first-order valence-electron chi connectivity index (χ1n) is 5.24. The summed E-state index contributed by atoms with van der Waals surface area (Å²) in [5.41, 5.74) is 2.10. The van der Waals surface area contributed by atoms with Crippen molar-refractivity contribution in [2.45, 2.75) is 19.0 Å².